The molecule has 0 radical (unpaired) electrons. The van der Waals surface area contributed by atoms with Crippen LogP contribution in [0.3, 0.4) is 0 Å². The Balaban J connectivity index is 2.33. The number of thioether (sulfide) groups is 1. The van der Waals surface area contributed by atoms with Gasteiger partial charge in [0.2, 0.25) is 4.74 Å². The molecule has 1 aromatic rings. The second-order valence-electron chi connectivity index (χ2n) is 2.15. The van der Waals surface area contributed by atoms with E-state index < -0.39 is 0 Å². The van der Waals surface area contributed by atoms with E-state index >= 15 is 0 Å². The third kappa shape index (κ3) is 3.40. The molecule has 4 heteroatoms. The second-order valence-corrected chi connectivity index (χ2v) is 5.72. The predicted molar refractivity (Wildman–Crippen MR) is 54.1 cm³/mol. The first-order chi connectivity index (χ1) is 5.33. The molecule has 1 nitrogen and oxygen atoms in total. The Kier molecular flexibility index (Phi) is 4.18. The van der Waals surface area contributed by atoms with Crippen molar-refractivity contribution in [2.75, 3.05) is 5.75 Å². The molecule has 0 atom stereocenters. The van der Waals surface area contributed by atoms with Gasteiger partial charge in [-0.25, -0.2) is 0 Å². The molecule has 0 spiro atoms. The van der Waals surface area contributed by atoms with Gasteiger partial charge in [-0.1, -0.05) is 23.7 Å². The van der Waals surface area contributed by atoms with Gasteiger partial charge in [0.15, 0.2) is 0 Å². The molecule has 0 saturated carbocycles. The van der Waals surface area contributed by atoms with Crippen LogP contribution in [0.4, 0.5) is 0 Å². The highest BCUT2D eigenvalue weighted by atomic mass is 32.9. The summed E-state index contributed by atoms with van der Waals surface area (Å²) in [4.78, 5) is 10.7. The zero-order chi connectivity index (χ0) is 8.10. The minimum absolute atomic E-state index is 0.189. The van der Waals surface area contributed by atoms with Crippen molar-refractivity contribution in [2.45, 2.75) is 24.0 Å². The highest BCUT2D eigenvalue weighted by Crippen LogP contribution is 2.24. The van der Waals surface area contributed by atoms with E-state index in [0.29, 0.717) is 0 Å². The lowest BCUT2D eigenvalue weighted by Gasteiger charge is -1.92. The van der Waals surface area contributed by atoms with Gasteiger partial charge >= 0.3 is 0 Å². The van der Waals surface area contributed by atoms with Crippen LogP contribution in [0.1, 0.15) is 19.8 Å². The molecule has 0 aliphatic rings. The third-order valence-corrected chi connectivity index (χ3v) is 4.93. The van der Waals surface area contributed by atoms with Crippen molar-refractivity contribution < 1.29 is 0 Å². The summed E-state index contributed by atoms with van der Waals surface area (Å²) in [6.07, 6.45) is 2.47. The Morgan fingerprint density at radius 1 is 1.55 bits per heavy atom. The summed E-state index contributed by atoms with van der Waals surface area (Å²) in [6, 6.07) is 1.73. The highest BCUT2D eigenvalue weighted by Gasteiger charge is 1.96. The fourth-order valence-electron chi connectivity index (χ4n) is 0.609. The predicted octanol–water partition coefficient (Wildman–Crippen LogP) is 3.06. The summed E-state index contributed by atoms with van der Waals surface area (Å²) in [5.41, 5.74) is 0. The molecule has 11 heavy (non-hydrogen) atoms. The van der Waals surface area contributed by atoms with Crippen LogP contribution in [0.5, 0.6) is 0 Å². The zero-order valence-electron chi connectivity index (χ0n) is 6.33. The average Bonchev–Trinajstić information content (AvgIpc) is 2.37. The number of hydrogen-bond acceptors (Lipinski definition) is 4. The fourth-order valence-corrected chi connectivity index (χ4v) is 4.03. The van der Waals surface area contributed by atoms with E-state index in [2.05, 4.69) is 6.92 Å². The first-order valence-electron chi connectivity index (χ1n) is 3.56. The Morgan fingerprint density at radius 3 is 2.91 bits per heavy atom. The average molecular weight is 206 g/mol. The van der Waals surface area contributed by atoms with Crippen LogP contribution in [0.25, 0.3) is 0 Å². The molecule has 0 amide bonds. The summed E-state index contributed by atoms with van der Waals surface area (Å²) < 4.78 is 1.36. The van der Waals surface area contributed by atoms with Crippen LogP contribution in [0, 0.1) is 0 Å². The van der Waals surface area contributed by atoms with E-state index in [9.17, 15) is 4.79 Å². The molecule has 0 bridgehead atoms. The van der Waals surface area contributed by atoms with Crippen molar-refractivity contribution in [1.29, 1.82) is 0 Å². The molecule has 0 fully saturated rings. The monoisotopic (exact) mass is 206 g/mol. The topological polar surface area (TPSA) is 17.1 Å². The van der Waals surface area contributed by atoms with Crippen molar-refractivity contribution >= 4 is 32.4 Å². The van der Waals surface area contributed by atoms with Crippen LogP contribution in [0.2, 0.25) is 0 Å². The Labute approximate surface area is 77.8 Å². The normalized spacial score (nSPS) is 10.3. The largest absolute Gasteiger partial charge is 0.277 e. The van der Waals surface area contributed by atoms with Gasteiger partial charge in [-0.3, -0.25) is 4.79 Å². The molecule has 1 heterocycles. The molecule has 62 valence electrons. The lowest BCUT2D eigenvalue weighted by atomic mass is 10.4. The first kappa shape index (κ1) is 9.29. The van der Waals surface area contributed by atoms with Crippen molar-refractivity contribution in [3.05, 3.63) is 15.6 Å². The van der Waals surface area contributed by atoms with E-state index in [0.717, 1.165) is 5.75 Å². The van der Waals surface area contributed by atoms with Gasteiger partial charge in [0.1, 0.15) is 0 Å². The minimum atomic E-state index is 0.189. The molecule has 1 rings (SSSR count). The van der Waals surface area contributed by atoms with Crippen molar-refractivity contribution in [1.82, 2.24) is 0 Å². The van der Waals surface area contributed by atoms with Gasteiger partial charge in [0.25, 0.3) is 0 Å². The van der Waals surface area contributed by atoms with Gasteiger partial charge in [0.05, 0.1) is 4.21 Å². The third-order valence-electron chi connectivity index (χ3n) is 1.18. The smallest absolute Gasteiger partial charge is 0.244 e. The van der Waals surface area contributed by atoms with Crippen LogP contribution >= 0.6 is 32.4 Å². The molecule has 0 aromatic carbocycles. The molecular weight excluding hydrogens is 196 g/mol. The van der Waals surface area contributed by atoms with Gasteiger partial charge in [-0.15, -0.1) is 11.8 Å². The summed E-state index contributed by atoms with van der Waals surface area (Å²) in [7, 11) is 2.92. The van der Waals surface area contributed by atoms with E-state index in [-0.39, 0.29) is 4.74 Å². The van der Waals surface area contributed by atoms with E-state index in [4.69, 9.17) is 0 Å². The zero-order valence-corrected chi connectivity index (χ0v) is 8.78. The molecular formula is C7H10OS3. The maximum absolute atomic E-state index is 10.7. The van der Waals surface area contributed by atoms with Gasteiger partial charge in [-0.05, 0) is 22.5 Å². The molecule has 0 unspecified atom stereocenters. The Bertz CT molecular complexity index is 250. The summed E-state index contributed by atoms with van der Waals surface area (Å²) in [6.45, 7) is 2.18. The molecule has 1 aromatic heterocycles. The lowest BCUT2D eigenvalue weighted by Crippen LogP contribution is -1.81. The van der Waals surface area contributed by atoms with Crippen LogP contribution in [-0.4, -0.2) is 5.75 Å². The Morgan fingerprint density at radius 2 is 2.36 bits per heavy atom. The van der Waals surface area contributed by atoms with Crippen molar-refractivity contribution in [3.8, 4) is 0 Å². The first-order valence-corrected chi connectivity index (χ1v) is 6.69. The fraction of sp³-hybridized carbons (Fsp3) is 0.571. The van der Waals surface area contributed by atoms with Gasteiger partial charge < -0.3 is 0 Å². The van der Waals surface area contributed by atoms with Crippen LogP contribution < -0.4 is 4.74 Å². The van der Waals surface area contributed by atoms with Crippen LogP contribution in [0.15, 0.2) is 15.1 Å². The van der Waals surface area contributed by atoms with E-state index in [1.54, 1.807) is 28.2 Å². The standard InChI is InChI=1S/C7H10OS3/c1-2-3-4-9-7-5-6(8)10-11-7/h5H,2-4H2,1H3. The highest BCUT2D eigenvalue weighted by molar-refractivity contribution is 8.02. The minimum Gasteiger partial charge on any atom is -0.277 e. The SMILES string of the molecule is CCCCSc1cc(=O)ss1. The quantitative estimate of drug-likeness (QED) is 0.428. The summed E-state index contributed by atoms with van der Waals surface area (Å²) in [5, 5.41) is 0. The van der Waals surface area contributed by atoms with Crippen molar-refractivity contribution in [3.63, 3.8) is 0 Å². The van der Waals surface area contributed by atoms with E-state index in [1.165, 1.54) is 27.4 Å². The lowest BCUT2D eigenvalue weighted by molar-refractivity contribution is 0.896. The number of rotatable bonds is 4. The van der Waals surface area contributed by atoms with Gasteiger partial charge in [-0.2, -0.15) is 0 Å². The number of unbranched alkanes of at least 4 members (excludes halogenated alkanes) is 1. The maximum Gasteiger partial charge on any atom is 0.244 e. The summed E-state index contributed by atoms with van der Waals surface area (Å²) in [5.74, 6) is 1.14. The Hall–Kier alpha value is 0.200. The molecule has 0 N–H and O–H groups in total. The van der Waals surface area contributed by atoms with E-state index in [1.807, 2.05) is 0 Å². The number of hydrogen-bond donors (Lipinski definition) is 0. The van der Waals surface area contributed by atoms with Gasteiger partial charge in [0, 0.05) is 6.07 Å². The maximum atomic E-state index is 10.7. The molecule has 0 aliphatic heterocycles. The molecule has 0 aliphatic carbocycles. The second kappa shape index (κ2) is 4.95. The van der Waals surface area contributed by atoms with Crippen molar-refractivity contribution in [2.24, 2.45) is 0 Å². The molecule has 0 saturated heterocycles. The van der Waals surface area contributed by atoms with Crippen LogP contribution in [-0.2, 0) is 0 Å². The summed E-state index contributed by atoms with van der Waals surface area (Å²) >= 11 is 1.79.